The molecular weight excluding hydrogens is 220 g/mol. The quantitative estimate of drug-likeness (QED) is 0.724. The molecule has 0 radical (unpaired) electrons. The van der Waals surface area contributed by atoms with Gasteiger partial charge in [0.25, 0.3) is 0 Å². The molecule has 10 heavy (non-hydrogen) atoms. The molecular formula is C5H10S5. The molecule has 0 unspecified atom stereocenters. The molecule has 1 rings (SSSR count). The molecule has 1 fully saturated rings. The highest BCUT2D eigenvalue weighted by atomic mass is 32.3. The molecule has 1 saturated heterocycles. The second-order valence-corrected chi connectivity index (χ2v) is 8.24. The highest BCUT2D eigenvalue weighted by Crippen LogP contribution is 2.52. The van der Waals surface area contributed by atoms with Crippen molar-refractivity contribution >= 4 is 59.7 Å². The van der Waals surface area contributed by atoms with Gasteiger partial charge in [-0.05, 0) is 6.26 Å². The second-order valence-electron chi connectivity index (χ2n) is 1.77. The summed E-state index contributed by atoms with van der Waals surface area (Å²) in [5.74, 6) is 0.976. The third kappa shape index (κ3) is 2.37. The van der Waals surface area contributed by atoms with Crippen molar-refractivity contribution in [3.8, 4) is 0 Å². The molecule has 0 aromatic rings. The molecule has 0 aromatic heterocycles. The first kappa shape index (κ1) is 9.84. The molecule has 0 bridgehead atoms. The Morgan fingerprint density at radius 1 is 1.50 bits per heavy atom. The Morgan fingerprint density at radius 2 is 2.10 bits per heavy atom. The van der Waals surface area contributed by atoms with E-state index in [1.807, 2.05) is 47.0 Å². The van der Waals surface area contributed by atoms with E-state index in [9.17, 15) is 0 Å². The summed E-state index contributed by atoms with van der Waals surface area (Å²) in [5.41, 5.74) is 0. The first-order chi connectivity index (χ1) is 4.83. The Morgan fingerprint density at radius 3 is 2.40 bits per heavy atom. The molecule has 0 saturated carbocycles. The number of hydrogen-bond donors (Lipinski definition) is 1. The van der Waals surface area contributed by atoms with Crippen LogP contribution in [0.15, 0.2) is 0 Å². The van der Waals surface area contributed by atoms with Gasteiger partial charge in [-0.3, -0.25) is 0 Å². The molecule has 60 valence electrons. The summed E-state index contributed by atoms with van der Waals surface area (Å²) < 4.78 is 0.356. The standard InChI is InChI=1S/C5H10S5/c1-7-5(2-6)9-3-8-4-10-5/h6H,2-4H2,1H3. The average Bonchev–Trinajstić information content (AvgIpc) is 2.06. The second kappa shape index (κ2) is 4.70. The van der Waals surface area contributed by atoms with Gasteiger partial charge in [-0.25, -0.2) is 0 Å². The van der Waals surface area contributed by atoms with E-state index in [-0.39, 0.29) is 0 Å². The van der Waals surface area contributed by atoms with Crippen LogP contribution in [0.25, 0.3) is 0 Å². The summed E-state index contributed by atoms with van der Waals surface area (Å²) >= 11 is 12.3. The lowest BCUT2D eigenvalue weighted by molar-refractivity contribution is 1.36. The highest BCUT2D eigenvalue weighted by molar-refractivity contribution is 8.42. The van der Waals surface area contributed by atoms with Gasteiger partial charge in [0.05, 0.1) is 0 Å². The number of thioether (sulfide) groups is 4. The van der Waals surface area contributed by atoms with Crippen LogP contribution in [0.1, 0.15) is 0 Å². The largest absolute Gasteiger partial charge is 0.176 e. The summed E-state index contributed by atoms with van der Waals surface area (Å²) in [6.45, 7) is 0. The SMILES string of the molecule is CSC1(CS)SCSCS1. The molecule has 0 N–H and O–H groups in total. The fraction of sp³-hybridized carbons (Fsp3) is 1.00. The maximum Gasteiger partial charge on any atom is 0.117 e. The van der Waals surface area contributed by atoms with Gasteiger partial charge < -0.3 is 0 Å². The van der Waals surface area contributed by atoms with Crippen LogP contribution in [0.5, 0.6) is 0 Å². The van der Waals surface area contributed by atoms with Crippen molar-refractivity contribution < 1.29 is 0 Å². The van der Waals surface area contributed by atoms with Crippen molar-refractivity contribution in [1.82, 2.24) is 0 Å². The normalized spacial score (nSPS) is 24.6. The van der Waals surface area contributed by atoms with Gasteiger partial charge in [-0.2, -0.15) is 12.6 Å². The third-order valence-electron chi connectivity index (χ3n) is 1.23. The van der Waals surface area contributed by atoms with Crippen LogP contribution in [0.2, 0.25) is 0 Å². The zero-order valence-corrected chi connectivity index (χ0v) is 9.86. The molecule has 0 nitrogen and oxygen atoms in total. The minimum Gasteiger partial charge on any atom is -0.176 e. The molecule has 0 spiro atoms. The van der Waals surface area contributed by atoms with E-state index in [1.165, 1.54) is 10.2 Å². The number of thiol groups is 1. The fourth-order valence-electron chi connectivity index (χ4n) is 0.612. The van der Waals surface area contributed by atoms with E-state index in [2.05, 4.69) is 18.9 Å². The predicted octanol–water partition coefficient (Wildman–Crippen LogP) is 3.06. The Balaban J connectivity index is 2.44. The smallest absolute Gasteiger partial charge is 0.117 e. The predicted molar refractivity (Wildman–Crippen MR) is 62.6 cm³/mol. The molecule has 1 heterocycles. The summed E-state index contributed by atoms with van der Waals surface area (Å²) in [7, 11) is 0. The average molecular weight is 230 g/mol. The van der Waals surface area contributed by atoms with Crippen molar-refractivity contribution in [3.63, 3.8) is 0 Å². The number of rotatable bonds is 2. The van der Waals surface area contributed by atoms with E-state index in [0.717, 1.165) is 5.75 Å². The van der Waals surface area contributed by atoms with Crippen molar-refractivity contribution in [3.05, 3.63) is 0 Å². The lowest BCUT2D eigenvalue weighted by atomic mass is 10.9. The van der Waals surface area contributed by atoms with E-state index in [1.54, 1.807) is 0 Å². The van der Waals surface area contributed by atoms with Gasteiger partial charge in [0, 0.05) is 15.9 Å². The molecule has 1 aliphatic heterocycles. The van der Waals surface area contributed by atoms with Crippen LogP contribution >= 0.6 is 59.7 Å². The van der Waals surface area contributed by atoms with Gasteiger partial charge in [0.15, 0.2) is 0 Å². The maximum absolute atomic E-state index is 4.36. The van der Waals surface area contributed by atoms with Crippen LogP contribution in [-0.4, -0.2) is 25.6 Å². The summed E-state index contributed by atoms with van der Waals surface area (Å²) in [5, 5.41) is 2.46. The van der Waals surface area contributed by atoms with Gasteiger partial charge in [-0.15, -0.1) is 47.0 Å². The molecule has 0 amide bonds. The van der Waals surface area contributed by atoms with E-state index in [4.69, 9.17) is 0 Å². The van der Waals surface area contributed by atoms with Crippen LogP contribution in [0.4, 0.5) is 0 Å². The zero-order valence-electron chi connectivity index (χ0n) is 5.70. The van der Waals surface area contributed by atoms with Gasteiger partial charge >= 0.3 is 0 Å². The Kier molecular flexibility index (Phi) is 4.62. The monoisotopic (exact) mass is 230 g/mol. The summed E-state index contributed by atoms with van der Waals surface area (Å²) in [4.78, 5) is 0. The van der Waals surface area contributed by atoms with Crippen molar-refractivity contribution in [2.75, 3.05) is 22.2 Å². The van der Waals surface area contributed by atoms with Crippen LogP contribution in [-0.2, 0) is 0 Å². The van der Waals surface area contributed by atoms with Crippen molar-refractivity contribution in [2.45, 2.75) is 3.41 Å². The van der Waals surface area contributed by atoms with Gasteiger partial charge in [-0.1, -0.05) is 0 Å². The maximum atomic E-state index is 4.36. The zero-order chi connectivity index (χ0) is 7.45. The van der Waals surface area contributed by atoms with E-state index < -0.39 is 0 Å². The van der Waals surface area contributed by atoms with Crippen LogP contribution < -0.4 is 0 Å². The Hall–Kier alpha value is 1.75. The van der Waals surface area contributed by atoms with Crippen molar-refractivity contribution in [1.29, 1.82) is 0 Å². The minimum atomic E-state index is 0.356. The van der Waals surface area contributed by atoms with Gasteiger partial charge in [0.1, 0.15) is 3.41 Å². The first-order valence-corrected chi connectivity index (χ1v) is 7.83. The molecule has 1 aliphatic rings. The summed E-state index contributed by atoms with van der Waals surface area (Å²) in [6, 6.07) is 0. The van der Waals surface area contributed by atoms with Crippen LogP contribution in [0, 0.1) is 0 Å². The molecule has 5 heteroatoms. The lowest BCUT2D eigenvalue weighted by Gasteiger charge is -2.32. The molecule has 0 atom stereocenters. The topological polar surface area (TPSA) is 0 Å². The number of hydrogen-bond acceptors (Lipinski definition) is 5. The highest BCUT2D eigenvalue weighted by Gasteiger charge is 2.31. The van der Waals surface area contributed by atoms with Crippen molar-refractivity contribution in [2.24, 2.45) is 0 Å². The minimum absolute atomic E-state index is 0.356. The molecule has 0 aliphatic carbocycles. The lowest BCUT2D eigenvalue weighted by Crippen LogP contribution is -2.20. The van der Waals surface area contributed by atoms with Crippen LogP contribution in [0.3, 0.4) is 0 Å². The van der Waals surface area contributed by atoms with Gasteiger partial charge in [0.2, 0.25) is 0 Å². The summed E-state index contributed by atoms with van der Waals surface area (Å²) in [6.07, 6.45) is 2.17. The van der Waals surface area contributed by atoms with E-state index in [0.29, 0.717) is 3.41 Å². The first-order valence-electron chi connectivity index (χ1n) is 2.85. The van der Waals surface area contributed by atoms with E-state index >= 15 is 0 Å². The fourth-order valence-corrected chi connectivity index (χ4v) is 7.85. The third-order valence-corrected chi connectivity index (χ3v) is 8.97. The Bertz CT molecular complexity index is 92.2. The Labute approximate surface area is 84.8 Å². The molecule has 0 aromatic carbocycles.